The lowest BCUT2D eigenvalue weighted by molar-refractivity contribution is -0.167. The molecule has 0 saturated carbocycles. The number of carbonyl (C=O) groups is 3. The summed E-state index contributed by atoms with van der Waals surface area (Å²) in [6, 6.07) is 0. The average Bonchev–Trinajstić information content (AvgIpc) is 3.49. The monoisotopic (exact) mass is 1150 g/mol. The molecule has 1 unspecified atom stereocenters. The van der Waals surface area contributed by atoms with E-state index in [0.29, 0.717) is 19.3 Å². The van der Waals surface area contributed by atoms with Gasteiger partial charge in [0.2, 0.25) is 0 Å². The van der Waals surface area contributed by atoms with E-state index in [1.165, 1.54) is 167 Å². The van der Waals surface area contributed by atoms with Crippen LogP contribution in [-0.2, 0) is 28.6 Å². The van der Waals surface area contributed by atoms with E-state index < -0.39 is 6.10 Å². The van der Waals surface area contributed by atoms with Gasteiger partial charge in [-0.25, -0.2) is 0 Å². The van der Waals surface area contributed by atoms with E-state index >= 15 is 0 Å². The van der Waals surface area contributed by atoms with Gasteiger partial charge in [-0.15, -0.1) is 0 Å². The van der Waals surface area contributed by atoms with Gasteiger partial charge in [0.05, 0.1) is 0 Å². The molecule has 0 amide bonds. The molecule has 0 aliphatic carbocycles. The van der Waals surface area contributed by atoms with Gasteiger partial charge in [-0.3, -0.25) is 14.4 Å². The smallest absolute Gasteiger partial charge is 0.306 e. The van der Waals surface area contributed by atoms with Crippen LogP contribution >= 0.6 is 0 Å². The van der Waals surface area contributed by atoms with Gasteiger partial charge in [-0.05, 0) is 128 Å². The summed E-state index contributed by atoms with van der Waals surface area (Å²) in [5.74, 6) is -0.891. The van der Waals surface area contributed by atoms with Crippen molar-refractivity contribution in [1.82, 2.24) is 0 Å². The molecule has 6 heteroatoms. The maximum Gasteiger partial charge on any atom is 0.306 e. The second-order valence-corrected chi connectivity index (χ2v) is 23.0. The summed E-state index contributed by atoms with van der Waals surface area (Å²) in [5.41, 5.74) is 0. The fourth-order valence-corrected chi connectivity index (χ4v) is 9.75. The second-order valence-electron chi connectivity index (χ2n) is 23.0. The molecule has 6 nitrogen and oxygen atoms in total. The number of ether oxygens (including phenoxy) is 3. The second kappa shape index (κ2) is 70.3. The summed E-state index contributed by atoms with van der Waals surface area (Å²) < 4.78 is 17.0. The zero-order chi connectivity index (χ0) is 59.9. The van der Waals surface area contributed by atoms with Crippen molar-refractivity contribution in [3.05, 3.63) is 122 Å². The normalized spacial score (nSPS) is 12.9. The lowest BCUT2D eigenvalue weighted by atomic mass is 10.0. The molecule has 0 N–H and O–H groups in total. The lowest BCUT2D eigenvalue weighted by Gasteiger charge is -2.18. The van der Waals surface area contributed by atoms with Crippen molar-refractivity contribution in [2.45, 2.75) is 335 Å². The molecule has 0 bridgehead atoms. The van der Waals surface area contributed by atoms with Gasteiger partial charge in [-0.2, -0.15) is 0 Å². The minimum absolute atomic E-state index is 0.0850. The molecule has 0 aromatic rings. The van der Waals surface area contributed by atoms with Gasteiger partial charge in [0, 0.05) is 19.3 Å². The largest absolute Gasteiger partial charge is 0.462 e. The van der Waals surface area contributed by atoms with Crippen LogP contribution in [0.4, 0.5) is 0 Å². The highest BCUT2D eigenvalue weighted by atomic mass is 16.6. The molecule has 0 fully saturated rings. The minimum Gasteiger partial charge on any atom is -0.462 e. The van der Waals surface area contributed by atoms with Gasteiger partial charge < -0.3 is 14.2 Å². The third-order valence-corrected chi connectivity index (χ3v) is 14.9. The number of esters is 3. The first-order valence-electron chi connectivity index (χ1n) is 35.0. The Hall–Kier alpha value is -4.19. The summed E-state index contributed by atoms with van der Waals surface area (Å²) in [6.45, 7) is 6.43. The number of rotatable bonds is 63. The van der Waals surface area contributed by atoms with E-state index in [1.54, 1.807) is 0 Å². The van der Waals surface area contributed by atoms with E-state index in [2.05, 4.69) is 142 Å². The molecule has 0 aromatic heterocycles. The topological polar surface area (TPSA) is 78.9 Å². The van der Waals surface area contributed by atoms with Crippen LogP contribution in [0.5, 0.6) is 0 Å². The van der Waals surface area contributed by atoms with Gasteiger partial charge in [-0.1, -0.05) is 303 Å². The molecule has 0 heterocycles. The Balaban J connectivity index is 4.42. The zero-order valence-corrected chi connectivity index (χ0v) is 54.4. The molecule has 0 radical (unpaired) electrons. The average molecular weight is 1150 g/mol. The SMILES string of the molecule is CC/C=C\C/C=C\C/C=C\C/C=C\C/C=C\CCCCCCCCCC(=O)OCC(COC(=O)CCCCCCCCCCC/C=C\CCCCCCCC)OC(=O)CCCCCCCCCCCC/C=C\C/C=C\C/C=C\C/C=C\CC. The number of allylic oxidation sites excluding steroid dienone is 20. The molecule has 1 atom stereocenters. The summed E-state index contributed by atoms with van der Waals surface area (Å²) in [7, 11) is 0. The first kappa shape index (κ1) is 78.8. The predicted octanol–water partition coefficient (Wildman–Crippen LogP) is 24.3. The van der Waals surface area contributed by atoms with Crippen LogP contribution in [0, 0.1) is 0 Å². The fourth-order valence-electron chi connectivity index (χ4n) is 9.75. The van der Waals surface area contributed by atoms with Gasteiger partial charge >= 0.3 is 17.9 Å². The van der Waals surface area contributed by atoms with Crippen molar-refractivity contribution in [3.63, 3.8) is 0 Å². The molecule has 0 spiro atoms. The molecule has 0 aliphatic rings. The first-order valence-corrected chi connectivity index (χ1v) is 35.0. The van der Waals surface area contributed by atoms with Crippen molar-refractivity contribution < 1.29 is 28.6 Å². The standard InChI is InChI=1S/C77H130O6/c1-4-7-10-13-16-19-22-25-28-31-34-36-38-40-43-46-49-52-55-58-61-64-67-70-76(79)82-73-74(72-81-75(78)69-66-63-60-57-54-51-48-45-42-33-30-27-24-21-18-15-12-9-6-3)83-77(80)71-68-65-62-59-56-53-50-47-44-41-39-37-35-32-29-26-23-20-17-14-11-8-5-2/h7-8,10-11,16-17,19-20,25-30,34-37,40,43,74H,4-6,9,12-15,18,21-24,31-33,38-39,41-42,44-73H2,1-3H3/b10-7-,11-8-,19-16-,20-17-,28-25-,29-26-,30-27-,36-34-,37-35-,43-40-. The van der Waals surface area contributed by atoms with Crippen LogP contribution < -0.4 is 0 Å². The summed E-state index contributed by atoms with van der Waals surface area (Å²) in [4.78, 5) is 38.5. The van der Waals surface area contributed by atoms with E-state index in [1.807, 2.05) is 0 Å². The number of carbonyl (C=O) groups excluding carboxylic acids is 3. The third-order valence-electron chi connectivity index (χ3n) is 14.9. The van der Waals surface area contributed by atoms with Crippen LogP contribution in [0.25, 0.3) is 0 Å². The summed E-state index contributed by atoms with van der Waals surface area (Å²) in [6.07, 6.45) is 97.8. The molecule has 0 aromatic carbocycles. The third kappa shape index (κ3) is 68.5. The lowest BCUT2D eigenvalue weighted by Crippen LogP contribution is -2.30. The predicted molar refractivity (Wildman–Crippen MR) is 362 cm³/mol. The Bertz CT molecular complexity index is 1700. The Morgan fingerprint density at radius 3 is 0.747 bits per heavy atom. The van der Waals surface area contributed by atoms with E-state index in [-0.39, 0.29) is 31.1 Å². The van der Waals surface area contributed by atoms with Crippen LogP contribution in [0.1, 0.15) is 329 Å². The van der Waals surface area contributed by atoms with E-state index in [4.69, 9.17) is 14.2 Å². The quantitative estimate of drug-likeness (QED) is 0.0261. The van der Waals surface area contributed by atoms with Crippen molar-refractivity contribution in [2.75, 3.05) is 13.2 Å². The van der Waals surface area contributed by atoms with Crippen LogP contribution in [-0.4, -0.2) is 37.2 Å². The highest BCUT2D eigenvalue weighted by Gasteiger charge is 2.19. The maximum atomic E-state index is 13.0. The molecule has 83 heavy (non-hydrogen) atoms. The molecular formula is C77H130O6. The Labute approximate surface area is 513 Å². The summed E-state index contributed by atoms with van der Waals surface area (Å²) in [5, 5.41) is 0. The van der Waals surface area contributed by atoms with Gasteiger partial charge in [0.15, 0.2) is 6.10 Å². The highest BCUT2D eigenvalue weighted by molar-refractivity contribution is 5.71. The van der Waals surface area contributed by atoms with Crippen LogP contribution in [0.2, 0.25) is 0 Å². The van der Waals surface area contributed by atoms with Crippen molar-refractivity contribution >= 4 is 17.9 Å². The van der Waals surface area contributed by atoms with Crippen molar-refractivity contribution in [2.24, 2.45) is 0 Å². The minimum atomic E-state index is -0.792. The van der Waals surface area contributed by atoms with Gasteiger partial charge in [0.25, 0.3) is 0 Å². The number of unbranched alkanes of at least 4 members (excludes halogenated alkanes) is 32. The van der Waals surface area contributed by atoms with Crippen LogP contribution in [0.15, 0.2) is 122 Å². The Kier molecular flexibility index (Phi) is 66.7. The van der Waals surface area contributed by atoms with Crippen molar-refractivity contribution in [1.29, 1.82) is 0 Å². The summed E-state index contributed by atoms with van der Waals surface area (Å²) >= 11 is 0. The molecule has 474 valence electrons. The Morgan fingerprint density at radius 1 is 0.253 bits per heavy atom. The molecule has 0 rings (SSSR count). The van der Waals surface area contributed by atoms with Gasteiger partial charge in [0.1, 0.15) is 13.2 Å². The van der Waals surface area contributed by atoms with Crippen molar-refractivity contribution in [3.8, 4) is 0 Å². The van der Waals surface area contributed by atoms with E-state index in [9.17, 15) is 14.4 Å². The molecule has 0 aliphatic heterocycles. The Morgan fingerprint density at radius 2 is 0.470 bits per heavy atom. The number of hydrogen-bond donors (Lipinski definition) is 0. The van der Waals surface area contributed by atoms with E-state index in [0.717, 1.165) is 122 Å². The molecular weight excluding hydrogens is 1020 g/mol. The zero-order valence-electron chi connectivity index (χ0n) is 54.4. The number of hydrogen-bond acceptors (Lipinski definition) is 6. The first-order chi connectivity index (χ1) is 41.0. The fraction of sp³-hybridized carbons (Fsp3) is 0.701. The maximum absolute atomic E-state index is 13.0. The van der Waals surface area contributed by atoms with Crippen LogP contribution in [0.3, 0.4) is 0 Å². The highest BCUT2D eigenvalue weighted by Crippen LogP contribution is 2.17. The molecule has 0 saturated heterocycles.